The highest BCUT2D eigenvalue weighted by atomic mass is 32.1. The summed E-state index contributed by atoms with van der Waals surface area (Å²) < 4.78 is 0. The van der Waals surface area contributed by atoms with Crippen LogP contribution in [0.25, 0.3) is 21.5 Å². The third-order valence-corrected chi connectivity index (χ3v) is 4.48. The first-order valence-electron chi connectivity index (χ1n) is 6.26. The van der Waals surface area contributed by atoms with E-state index in [-0.39, 0.29) is 0 Å². The van der Waals surface area contributed by atoms with Crippen molar-refractivity contribution in [1.82, 2.24) is 15.3 Å². The third kappa shape index (κ3) is 2.25. The first-order chi connectivity index (χ1) is 9.29. The summed E-state index contributed by atoms with van der Waals surface area (Å²) in [5.41, 5.74) is 2.17. The molecule has 0 radical (unpaired) electrons. The van der Waals surface area contributed by atoms with Crippen LogP contribution in [-0.2, 0) is 0 Å². The molecule has 0 bridgehead atoms. The molecule has 0 saturated heterocycles. The van der Waals surface area contributed by atoms with E-state index < -0.39 is 0 Å². The van der Waals surface area contributed by atoms with Gasteiger partial charge >= 0.3 is 0 Å². The Morgan fingerprint density at radius 1 is 1.16 bits per heavy atom. The summed E-state index contributed by atoms with van der Waals surface area (Å²) in [6, 6.07) is 10.5. The number of para-hydroxylation sites is 1. The quantitative estimate of drug-likeness (QED) is 0.789. The van der Waals surface area contributed by atoms with Gasteiger partial charge in [-0.2, -0.15) is 0 Å². The summed E-state index contributed by atoms with van der Waals surface area (Å²) in [7, 11) is 1.96. The van der Waals surface area contributed by atoms with Gasteiger partial charge in [-0.3, -0.25) is 4.98 Å². The number of thiazole rings is 1. The van der Waals surface area contributed by atoms with E-state index in [9.17, 15) is 0 Å². The SMILES string of the molecule is CNC(C)c1cnc(-c2ccnc3ccccc23)s1. The standard InChI is InChI=1S/C15H15N3S/c1-10(16-2)14-9-18-15(19-14)12-7-8-17-13-6-4-3-5-11(12)13/h3-10,16H,1-2H3. The van der Waals surface area contributed by atoms with E-state index >= 15 is 0 Å². The van der Waals surface area contributed by atoms with Crippen molar-refractivity contribution >= 4 is 22.2 Å². The molecule has 4 heteroatoms. The lowest BCUT2D eigenvalue weighted by Crippen LogP contribution is -2.10. The Balaban J connectivity index is 2.12. The highest BCUT2D eigenvalue weighted by Crippen LogP contribution is 2.32. The van der Waals surface area contributed by atoms with Crippen molar-refractivity contribution in [1.29, 1.82) is 0 Å². The lowest BCUT2D eigenvalue weighted by molar-refractivity contribution is 0.662. The fourth-order valence-electron chi connectivity index (χ4n) is 2.04. The van der Waals surface area contributed by atoms with Crippen molar-refractivity contribution in [3.8, 4) is 10.6 Å². The fourth-order valence-corrected chi connectivity index (χ4v) is 3.05. The molecule has 3 rings (SSSR count). The normalized spacial score (nSPS) is 12.7. The van der Waals surface area contributed by atoms with Gasteiger partial charge in [-0.1, -0.05) is 18.2 Å². The van der Waals surface area contributed by atoms with Crippen molar-refractivity contribution in [3.63, 3.8) is 0 Å². The summed E-state index contributed by atoms with van der Waals surface area (Å²) in [5, 5.41) is 5.45. The van der Waals surface area contributed by atoms with Crippen LogP contribution in [0.5, 0.6) is 0 Å². The molecule has 2 heterocycles. The number of hydrogen-bond acceptors (Lipinski definition) is 4. The maximum absolute atomic E-state index is 4.56. The van der Waals surface area contributed by atoms with E-state index in [1.54, 1.807) is 11.3 Å². The minimum atomic E-state index is 0.333. The zero-order valence-corrected chi connectivity index (χ0v) is 11.7. The summed E-state index contributed by atoms with van der Waals surface area (Å²) >= 11 is 1.73. The van der Waals surface area contributed by atoms with Crippen LogP contribution in [0.4, 0.5) is 0 Å². The molecule has 3 nitrogen and oxygen atoms in total. The van der Waals surface area contributed by atoms with E-state index in [2.05, 4.69) is 28.3 Å². The van der Waals surface area contributed by atoms with Crippen LogP contribution in [0.3, 0.4) is 0 Å². The topological polar surface area (TPSA) is 37.8 Å². The summed E-state index contributed by atoms with van der Waals surface area (Å²) in [6.45, 7) is 2.14. The minimum absolute atomic E-state index is 0.333. The van der Waals surface area contributed by atoms with Crippen molar-refractivity contribution < 1.29 is 0 Å². The highest BCUT2D eigenvalue weighted by molar-refractivity contribution is 7.15. The van der Waals surface area contributed by atoms with Gasteiger partial charge < -0.3 is 5.32 Å². The molecule has 3 aromatic rings. The molecular formula is C15H15N3S. The number of rotatable bonds is 3. The summed E-state index contributed by atoms with van der Waals surface area (Å²) in [4.78, 5) is 10.2. The molecule has 19 heavy (non-hydrogen) atoms. The Bertz CT molecular complexity index is 700. The number of pyridine rings is 1. The van der Waals surface area contributed by atoms with Crippen LogP contribution in [-0.4, -0.2) is 17.0 Å². The molecule has 0 spiro atoms. The summed E-state index contributed by atoms with van der Waals surface area (Å²) in [6.07, 6.45) is 3.80. The maximum atomic E-state index is 4.56. The zero-order valence-electron chi connectivity index (χ0n) is 10.9. The molecule has 0 aliphatic heterocycles. The van der Waals surface area contributed by atoms with Gasteiger partial charge in [0.05, 0.1) is 5.52 Å². The molecule has 0 amide bonds. The average molecular weight is 269 g/mol. The van der Waals surface area contributed by atoms with Gasteiger partial charge in [0, 0.05) is 34.3 Å². The number of nitrogens with one attached hydrogen (secondary N) is 1. The molecule has 1 N–H and O–H groups in total. The van der Waals surface area contributed by atoms with Gasteiger partial charge in [0.15, 0.2) is 0 Å². The van der Waals surface area contributed by atoms with E-state index in [1.807, 2.05) is 43.7 Å². The molecule has 96 valence electrons. The molecule has 1 unspecified atom stereocenters. The van der Waals surface area contributed by atoms with Gasteiger partial charge in [0.25, 0.3) is 0 Å². The second kappa shape index (κ2) is 5.07. The Hall–Kier alpha value is -1.78. The Morgan fingerprint density at radius 2 is 2.00 bits per heavy atom. The minimum Gasteiger partial charge on any atom is -0.312 e. The molecule has 1 atom stereocenters. The van der Waals surface area contributed by atoms with Crippen molar-refractivity contribution in [2.45, 2.75) is 13.0 Å². The van der Waals surface area contributed by atoms with Crippen LogP contribution in [0.15, 0.2) is 42.7 Å². The number of fused-ring (bicyclic) bond motifs is 1. The van der Waals surface area contributed by atoms with Gasteiger partial charge in [-0.25, -0.2) is 4.98 Å². The predicted octanol–water partition coefficient (Wildman–Crippen LogP) is 3.64. The van der Waals surface area contributed by atoms with Crippen LogP contribution in [0, 0.1) is 0 Å². The highest BCUT2D eigenvalue weighted by Gasteiger charge is 2.11. The molecule has 0 aliphatic rings. The Morgan fingerprint density at radius 3 is 2.84 bits per heavy atom. The lowest BCUT2D eigenvalue weighted by Gasteiger charge is -2.05. The third-order valence-electron chi connectivity index (χ3n) is 3.26. The maximum Gasteiger partial charge on any atom is 0.124 e. The largest absolute Gasteiger partial charge is 0.312 e. The second-order valence-electron chi connectivity index (χ2n) is 4.45. The van der Waals surface area contributed by atoms with Crippen LogP contribution < -0.4 is 5.32 Å². The lowest BCUT2D eigenvalue weighted by atomic mass is 10.1. The Labute approximate surface area is 116 Å². The van der Waals surface area contributed by atoms with Crippen LogP contribution in [0.1, 0.15) is 17.8 Å². The predicted molar refractivity (Wildman–Crippen MR) is 80.3 cm³/mol. The first-order valence-corrected chi connectivity index (χ1v) is 7.08. The molecule has 1 aromatic carbocycles. The first kappa shape index (κ1) is 12.3. The average Bonchev–Trinajstić information content (AvgIpc) is 2.95. The number of nitrogens with zero attached hydrogens (tertiary/aromatic N) is 2. The molecule has 2 aromatic heterocycles. The molecule has 0 saturated carbocycles. The van der Waals surface area contributed by atoms with Gasteiger partial charge in [0.2, 0.25) is 0 Å². The van der Waals surface area contributed by atoms with Crippen molar-refractivity contribution in [3.05, 3.63) is 47.6 Å². The smallest absolute Gasteiger partial charge is 0.124 e. The van der Waals surface area contributed by atoms with Crippen molar-refractivity contribution in [2.24, 2.45) is 0 Å². The second-order valence-corrected chi connectivity index (χ2v) is 5.52. The molecule has 0 aliphatic carbocycles. The van der Waals surface area contributed by atoms with Gasteiger partial charge in [-0.05, 0) is 26.1 Å². The molecule has 0 fully saturated rings. The number of hydrogen-bond donors (Lipinski definition) is 1. The van der Waals surface area contributed by atoms with Gasteiger partial charge in [-0.15, -0.1) is 11.3 Å². The summed E-state index contributed by atoms with van der Waals surface area (Å²) in [5.74, 6) is 0. The van der Waals surface area contributed by atoms with Gasteiger partial charge in [0.1, 0.15) is 5.01 Å². The van der Waals surface area contributed by atoms with Crippen LogP contribution in [0.2, 0.25) is 0 Å². The number of aromatic nitrogens is 2. The van der Waals surface area contributed by atoms with Crippen LogP contribution >= 0.6 is 11.3 Å². The van der Waals surface area contributed by atoms with E-state index in [0.29, 0.717) is 6.04 Å². The Kier molecular flexibility index (Phi) is 3.27. The van der Waals surface area contributed by atoms with E-state index in [0.717, 1.165) is 21.5 Å². The monoisotopic (exact) mass is 269 g/mol. The van der Waals surface area contributed by atoms with E-state index in [1.165, 1.54) is 4.88 Å². The van der Waals surface area contributed by atoms with Crippen molar-refractivity contribution in [2.75, 3.05) is 7.05 Å². The van der Waals surface area contributed by atoms with E-state index in [4.69, 9.17) is 0 Å². The molecular weight excluding hydrogens is 254 g/mol. The fraction of sp³-hybridized carbons (Fsp3) is 0.200. The zero-order chi connectivity index (χ0) is 13.2. The number of benzene rings is 1.